The first kappa shape index (κ1) is 12.6. The third-order valence-corrected chi connectivity index (χ3v) is 4.18. The molecule has 1 atom stereocenters. The van der Waals surface area contributed by atoms with E-state index in [1.54, 1.807) is 4.52 Å². The molecule has 4 rings (SSSR count). The fraction of sp³-hybridized carbons (Fsp3) is 0.267. The van der Waals surface area contributed by atoms with E-state index in [9.17, 15) is 0 Å². The zero-order valence-corrected chi connectivity index (χ0v) is 12.1. The molecule has 2 aromatic heterocycles. The Morgan fingerprint density at radius 1 is 1.19 bits per heavy atom. The summed E-state index contributed by atoms with van der Waals surface area (Å²) in [4.78, 5) is 10.6. The molecule has 0 bridgehead atoms. The second-order valence-electron chi connectivity index (χ2n) is 5.25. The molecule has 0 aliphatic carbocycles. The van der Waals surface area contributed by atoms with Gasteiger partial charge in [0.05, 0.1) is 0 Å². The minimum absolute atomic E-state index is 0.452. The van der Waals surface area contributed by atoms with Crippen LogP contribution in [0.1, 0.15) is 17.9 Å². The lowest BCUT2D eigenvalue weighted by atomic mass is 9.99. The van der Waals surface area contributed by atoms with Gasteiger partial charge in [-0.3, -0.25) is 0 Å². The van der Waals surface area contributed by atoms with E-state index in [1.807, 2.05) is 6.07 Å². The van der Waals surface area contributed by atoms with Gasteiger partial charge in [0, 0.05) is 25.1 Å². The Kier molecular flexibility index (Phi) is 3.00. The largest absolute Gasteiger partial charge is 0.356 e. The highest BCUT2D eigenvalue weighted by Gasteiger charge is 2.26. The number of fused-ring (bicyclic) bond motifs is 1. The van der Waals surface area contributed by atoms with Crippen LogP contribution in [0, 0.1) is 0 Å². The van der Waals surface area contributed by atoms with Gasteiger partial charge in [-0.1, -0.05) is 41.9 Å². The van der Waals surface area contributed by atoms with Crippen molar-refractivity contribution >= 4 is 23.2 Å². The number of aromatic nitrogens is 4. The van der Waals surface area contributed by atoms with Gasteiger partial charge in [0.15, 0.2) is 0 Å². The van der Waals surface area contributed by atoms with Gasteiger partial charge in [-0.25, -0.2) is 0 Å². The van der Waals surface area contributed by atoms with Crippen LogP contribution in [0.3, 0.4) is 0 Å². The van der Waals surface area contributed by atoms with Crippen molar-refractivity contribution in [2.75, 3.05) is 18.0 Å². The molecule has 0 radical (unpaired) electrons. The fourth-order valence-corrected chi connectivity index (χ4v) is 3.13. The van der Waals surface area contributed by atoms with E-state index in [0.717, 1.165) is 25.3 Å². The lowest BCUT2D eigenvalue weighted by Gasteiger charge is -2.19. The fourth-order valence-electron chi connectivity index (χ4n) is 2.96. The Morgan fingerprint density at radius 3 is 2.90 bits per heavy atom. The summed E-state index contributed by atoms with van der Waals surface area (Å²) in [7, 11) is 0. The number of rotatable bonds is 2. The summed E-state index contributed by atoms with van der Waals surface area (Å²) in [6.07, 6.45) is 2.63. The lowest BCUT2D eigenvalue weighted by Crippen LogP contribution is -2.22. The highest BCUT2D eigenvalue weighted by molar-refractivity contribution is 6.29. The van der Waals surface area contributed by atoms with E-state index in [-0.39, 0.29) is 0 Å². The summed E-state index contributed by atoms with van der Waals surface area (Å²) < 4.78 is 1.75. The summed E-state index contributed by atoms with van der Waals surface area (Å²) in [5.41, 5.74) is 1.38. The van der Waals surface area contributed by atoms with E-state index < -0.39 is 0 Å². The first-order valence-electron chi connectivity index (χ1n) is 6.97. The number of anilines is 1. The first-order valence-corrected chi connectivity index (χ1v) is 7.35. The third kappa shape index (κ3) is 2.23. The zero-order chi connectivity index (χ0) is 14.2. The van der Waals surface area contributed by atoms with Gasteiger partial charge in [0.2, 0.25) is 0 Å². The van der Waals surface area contributed by atoms with Gasteiger partial charge >= 0.3 is 0 Å². The molecular weight excluding hydrogens is 286 g/mol. The Labute approximate surface area is 127 Å². The topological polar surface area (TPSA) is 46.3 Å². The van der Waals surface area contributed by atoms with E-state index in [4.69, 9.17) is 11.6 Å². The van der Waals surface area contributed by atoms with Gasteiger partial charge in [0.1, 0.15) is 17.3 Å². The Morgan fingerprint density at radius 2 is 2.05 bits per heavy atom. The average molecular weight is 300 g/mol. The second-order valence-corrected chi connectivity index (χ2v) is 5.64. The van der Waals surface area contributed by atoms with Gasteiger partial charge < -0.3 is 4.90 Å². The molecule has 6 heteroatoms. The molecule has 3 heterocycles. The van der Waals surface area contributed by atoms with Crippen LogP contribution in [0.15, 0.2) is 42.7 Å². The molecule has 106 valence electrons. The number of benzene rings is 1. The molecule has 1 unspecified atom stereocenters. The minimum atomic E-state index is 0.452. The third-order valence-electron chi connectivity index (χ3n) is 3.98. The predicted molar refractivity (Wildman–Crippen MR) is 81.8 cm³/mol. The Balaban J connectivity index is 1.67. The summed E-state index contributed by atoms with van der Waals surface area (Å²) in [5, 5.41) is 4.70. The van der Waals surface area contributed by atoms with E-state index in [0.29, 0.717) is 16.8 Å². The number of nitrogens with zero attached hydrogens (tertiary/aromatic N) is 5. The molecule has 5 nitrogen and oxygen atoms in total. The van der Waals surface area contributed by atoms with Crippen LogP contribution in [-0.4, -0.2) is 32.7 Å². The molecule has 1 saturated heterocycles. The number of hydrogen-bond acceptors (Lipinski definition) is 4. The monoisotopic (exact) mass is 299 g/mol. The van der Waals surface area contributed by atoms with Crippen molar-refractivity contribution in [3.63, 3.8) is 0 Å². The molecule has 3 aromatic rings. The molecule has 1 aliphatic rings. The van der Waals surface area contributed by atoms with Crippen LogP contribution in [0.5, 0.6) is 0 Å². The second kappa shape index (κ2) is 5.00. The van der Waals surface area contributed by atoms with Crippen LogP contribution < -0.4 is 4.90 Å². The van der Waals surface area contributed by atoms with Crippen LogP contribution in [0.2, 0.25) is 5.15 Å². The first-order chi connectivity index (χ1) is 10.3. The smallest absolute Gasteiger partial charge is 0.255 e. The summed E-state index contributed by atoms with van der Waals surface area (Å²) in [6, 6.07) is 12.5. The van der Waals surface area contributed by atoms with Gasteiger partial charge in [0.25, 0.3) is 5.78 Å². The highest BCUT2D eigenvalue weighted by Crippen LogP contribution is 2.31. The molecule has 0 N–H and O–H groups in total. The van der Waals surface area contributed by atoms with Crippen molar-refractivity contribution < 1.29 is 0 Å². The lowest BCUT2D eigenvalue weighted by molar-refractivity contribution is 0.771. The molecule has 1 fully saturated rings. The molecule has 0 saturated carbocycles. The number of hydrogen-bond donors (Lipinski definition) is 0. The summed E-state index contributed by atoms with van der Waals surface area (Å²) in [6.45, 7) is 1.94. The van der Waals surface area contributed by atoms with Gasteiger partial charge in [-0.2, -0.15) is 19.6 Å². The van der Waals surface area contributed by atoms with Crippen LogP contribution in [-0.2, 0) is 0 Å². The van der Waals surface area contributed by atoms with Crippen LogP contribution in [0.25, 0.3) is 5.78 Å². The van der Waals surface area contributed by atoms with E-state index >= 15 is 0 Å². The molecule has 0 amide bonds. The standard InChI is InChI=1S/C15H14ClN5/c16-13-8-14(21-15(19-13)17-10-18-21)20-7-6-12(9-20)11-4-2-1-3-5-11/h1-5,8,10,12H,6-7,9H2. The maximum absolute atomic E-state index is 6.09. The SMILES string of the molecule is Clc1cc(N2CCC(c3ccccc3)C2)n2ncnc2n1. The molecule has 21 heavy (non-hydrogen) atoms. The average Bonchev–Trinajstić information content (AvgIpc) is 3.16. The van der Waals surface area contributed by atoms with Crippen molar-refractivity contribution in [1.29, 1.82) is 0 Å². The summed E-state index contributed by atoms with van der Waals surface area (Å²) in [5.74, 6) is 2.04. The van der Waals surface area contributed by atoms with E-state index in [1.165, 1.54) is 11.9 Å². The Hall–Kier alpha value is -2.14. The van der Waals surface area contributed by atoms with Crippen molar-refractivity contribution in [3.8, 4) is 0 Å². The van der Waals surface area contributed by atoms with Crippen molar-refractivity contribution in [3.05, 3.63) is 53.4 Å². The highest BCUT2D eigenvalue weighted by atomic mass is 35.5. The Bertz CT molecular complexity index is 770. The van der Waals surface area contributed by atoms with Crippen LogP contribution >= 0.6 is 11.6 Å². The minimum Gasteiger partial charge on any atom is -0.356 e. The maximum atomic E-state index is 6.09. The van der Waals surface area contributed by atoms with Crippen LogP contribution in [0.4, 0.5) is 5.82 Å². The normalized spacial score (nSPS) is 18.5. The number of halogens is 1. The zero-order valence-electron chi connectivity index (χ0n) is 11.4. The molecule has 1 aromatic carbocycles. The molecule has 1 aliphatic heterocycles. The van der Waals surface area contributed by atoms with Crippen molar-refractivity contribution in [1.82, 2.24) is 19.6 Å². The predicted octanol–water partition coefficient (Wildman–Crippen LogP) is 2.77. The summed E-state index contributed by atoms with van der Waals surface area (Å²) >= 11 is 6.09. The van der Waals surface area contributed by atoms with E-state index in [2.05, 4.69) is 50.3 Å². The van der Waals surface area contributed by atoms with Gasteiger partial charge in [-0.05, 0) is 12.0 Å². The van der Waals surface area contributed by atoms with Gasteiger partial charge in [-0.15, -0.1) is 0 Å². The van der Waals surface area contributed by atoms with Crippen molar-refractivity contribution in [2.45, 2.75) is 12.3 Å². The van der Waals surface area contributed by atoms with Crippen molar-refractivity contribution in [2.24, 2.45) is 0 Å². The maximum Gasteiger partial charge on any atom is 0.255 e. The quantitative estimate of drug-likeness (QED) is 0.683. The molecular formula is C15H14ClN5. The molecule has 0 spiro atoms.